The molecule has 0 bridgehead atoms. The number of rotatable bonds is 13. The van der Waals surface area contributed by atoms with Gasteiger partial charge in [0.05, 0.1) is 12.7 Å². The molecule has 0 fully saturated rings. The van der Waals surface area contributed by atoms with E-state index in [9.17, 15) is 9.90 Å². The van der Waals surface area contributed by atoms with Gasteiger partial charge in [-0.1, -0.05) is 56.6 Å². The first kappa shape index (κ1) is 23.6. The second-order valence-corrected chi connectivity index (χ2v) is 7.35. The first-order valence-corrected chi connectivity index (χ1v) is 10.6. The number of hydrogen-bond donors (Lipinski definition) is 2. The second kappa shape index (κ2) is 14.6. The molecule has 27 heavy (non-hydrogen) atoms. The van der Waals surface area contributed by atoms with Crippen LogP contribution in [0.3, 0.4) is 0 Å². The summed E-state index contributed by atoms with van der Waals surface area (Å²) in [7, 11) is 1.75. The Morgan fingerprint density at radius 3 is 2.89 bits per heavy atom. The number of allylic oxidation sites excluding steroid dienone is 5. The number of aliphatic hydroxyl groups excluding tert-OH is 1. The van der Waals surface area contributed by atoms with Gasteiger partial charge in [0.1, 0.15) is 0 Å². The molecule has 3 atom stereocenters. The smallest absolute Gasteiger partial charge is 0.256 e. The van der Waals surface area contributed by atoms with Gasteiger partial charge < -0.3 is 15.2 Å². The van der Waals surface area contributed by atoms with Crippen LogP contribution in [0.2, 0.25) is 0 Å². The Morgan fingerprint density at radius 2 is 2.15 bits per heavy atom. The molecule has 0 aromatic rings. The number of hydrogen-bond acceptors (Lipinski definition) is 4. The van der Waals surface area contributed by atoms with E-state index in [2.05, 4.69) is 24.4 Å². The lowest BCUT2D eigenvalue weighted by molar-refractivity contribution is -0.117. The first-order chi connectivity index (χ1) is 13.1. The predicted octanol–water partition coefficient (Wildman–Crippen LogP) is 4.49. The molecule has 0 saturated carbocycles. The predicted molar refractivity (Wildman–Crippen MR) is 116 cm³/mol. The van der Waals surface area contributed by atoms with Crippen molar-refractivity contribution in [3.8, 4) is 0 Å². The summed E-state index contributed by atoms with van der Waals surface area (Å²) in [6.07, 6.45) is 19.2. The molecule has 4 nitrogen and oxygen atoms in total. The van der Waals surface area contributed by atoms with Gasteiger partial charge >= 0.3 is 0 Å². The Hall–Kier alpha value is -1.46. The fourth-order valence-electron chi connectivity index (χ4n) is 3.04. The van der Waals surface area contributed by atoms with Gasteiger partial charge in [-0.3, -0.25) is 4.79 Å². The highest BCUT2D eigenvalue weighted by atomic mass is 32.1. The van der Waals surface area contributed by atoms with Crippen LogP contribution in [0.4, 0.5) is 0 Å². The van der Waals surface area contributed by atoms with Crippen molar-refractivity contribution in [2.45, 2.75) is 64.4 Å². The Morgan fingerprint density at radius 1 is 1.33 bits per heavy atom. The minimum absolute atomic E-state index is 0.0309. The SMILES string of the molecule is CCCCC[C@H](O)C=C[C@H]1C=CC(=O)[C@@H]1CC=CCCCCOC(=S)NC. The second-order valence-electron chi connectivity index (χ2n) is 6.98. The molecule has 0 aromatic heterocycles. The van der Waals surface area contributed by atoms with Crippen LogP contribution < -0.4 is 5.32 Å². The highest BCUT2D eigenvalue weighted by Crippen LogP contribution is 2.27. The van der Waals surface area contributed by atoms with Gasteiger partial charge in [0, 0.05) is 18.9 Å². The lowest BCUT2D eigenvalue weighted by Crippen LogP contribution is -2.19. The largest absolute Gasteiger partial charge is 0.471 e. The van der Waals surface area contributed by atoms with Crippen molar-refractivity contribution in [1.82, 2.24) is 5.32 Å². The number of carbonyl (C=O) groups excluding carboxylic acids is 1. The topological polar surface area (TPSA) is 58.6 Å². The average molecular weight is 394 g/mol. The minimum Gasteiger partial charge on any atom is -0.471 e. The number of unbranched alkanes of at least 4 members (excludes halogenated alkanes) is 4. The van der Waals surface area contributed by atoms with E-state index in [0.717, 1.165) is 51.4 Å². The number of ether oxygens (including phenoxy) is 1. The van der Waals surface area contributed by atoms with E-state index in [1.54, 1.807) is 13.1 Å². The molecule has 1 rings (SSSR count). The van der Waals surface area contributed by atoms with E-state index in [1.165, 1.54) is 0 Å². The molecule has 0 aliphatic heterocycles. The summed E-state index contributed by atoms with van der Waals surface area (Å²) in [5.41, 5.74) is 0. The fraction of sp³-hybridized carbons (Fsp3) is 0.636. The van der Waals surface area contributed by atoms with Gasteiger partial charge in [0.15, 0.2) is 5.78 Å². The zero-order valence-electron chi connectivity index (χ0n) is 16.7. The van der Waals surface area contributed by atoms with Gasteiger partial charge in [-0.2, -0.15) is 0 Å². The minimum atomic E-state index is -0.408. The molecular formula is C22H35NO3S. The number of carbonyl (C=O) groups is 1. The molecule has 0 saturated heterocycles. The van der Waals surface area contributed by atoms with Crippen LogP contribution in [0.1, 0.15) is 58.3 Å². The summed E-state index contributed by atoms with van der Waals surface area (Å²) in [6, 6.07) is 0. The van der Waals surface area contributed by atoms with Crippen LogP contribution >= 0.6 is 12.2 Å². The summed E-state index contributed by atoms with van der Waals surface area (Å²) in [4.78, 5) is 12.1. The van der Waals surface area contributed by atoms with Crippen LogP contribution in [0, 0.1) is 11.8 Å². The zero-order valence-corrected chi connectivity index (χ0v) is 17.5. The van der Waals surface area contributed by atoms with Gasteiger partial charge in [-0.05, 0) is 50.4 Å². The number of nitrogens with one attached hydrogen (secondary N) is 1. The average Bonchev–Trinajstić information content (AvgIpc) is 3.01. The Kier molecular flexibility index (Phi) is 12.7. The van der Waals surface area contributed by atoms with Crippen LogP contribution in [-0.4, -0.2) is 35.8 Å². The Labute approximate surface area is 169 Å². The fourth-order valence-corrected chi connectivity index (χ4v) is 3.13. The number of ketones is 1. The monoisotopic (exact) mass is 393 g/mol. The van der Waals surface area contributed by atoms with Crippen LogP contribution in [0.25, 0.3) is 0 Å². The van der Waals surface area contributed by atoms with Crippen molar-refractivity contribution < 1.29 is 14.6 Å². The lowest BCUT2D eigenvalue weighted by atomic mass is 9.90. The maximum absolute atomic E-state index is 12.1. The van der Waals surface area contributed by atoms with Crippen molar-refractivity contribution in [2.75, 3.05) is 13.7 Å². The molecule has 1 aliphatic carbocycles. The summed E-state index contributed by atoms with van der Waals surface area (Å²) in [5.74, 6) is 0.249. The Balaban J connectivity index is 2.27. The number of aliphatic hydroxyl groups is 1. The highest BCUT2D eigenvalue weighted by molar-refractivity contribution is 7.80. The summed E-state index contributed by atoms with van der Waals surface area (Å²) in [5, 5.41) is 13.2. The van der Waals surface area contributed by atoms with Crippen molar-refractivity contribution in [1.29, 1.82) is 0 Å². The molecule has 0 unspecified atom stereocenters. The zero-order chi connectivity index (χ0) is 19.9. The van der Waals surface area contributed by atoms with E-state index in [1.807, 2.05) is 18.2 Å². The maximum atomic E-state index is 12.1. The van der Waals surface area contributed by atoms with Crippen molar-refractivity contribution in [3.63, 3.8) is 0 Å². The normalized spacial score (nSPS) is 20.6. The molecular weight excluding hydrogens is 358 g/mol. The molecule has 5 heteroatoms. The molecule has 0 amide bonds. The maximum Gasteiger partial charge on any atom is 0.256 e. The van der Waals surface area contributed by atoms with Gasteiger partial charge in [0.25, 0.3) is 5.17 Å². The molecule has 152 valence electrons. The molecule has 0 heterocycles. The van der Waals surface area contributed by atoms with E-state index in [-0.39, 0.29) is 17.6 Å². The first-order valence-electron chi connectivity index (χ1n) is 10.2. The quantitative estimate of drug-likeness (QED) is 0.274. The standard InChI is InChI=1S/C22H35NO3S/c1-3-4-8-11-19(24)15-13-18-14-16-21(25)20(18)12-9-6-5-7-10-17-26-22(27)23-2/h6,9,13-16,18-20,24H,3-5,7-8,10-12,17H2,1-2H3,(H,23,27)/t18-,19-,20+/m0/s1. The van der Waals surface area contributed by atoms with E-state index < -0.39 is 6.10 Å². The third-order valence-corrected chi connectivity index (χ3v) is 5.05. The third kappa shape index (κ3) is 10.5. The summed E-state index contributed by atoms with van der Waals surface area (Å²) < 4.78 is 5.30. The molecule has 1 aliphatic rings. The van der Waals surface area contributed by atoms with E-state index in [0.29, 0.717) is 11.8 Å². The number of thiocarbonyl (C=S) groups is 1. The van der Waals surface area contributed by atoms with Crippen molar-refractivity contribution in [3.05, 3.63) is 36.5 Å². The van der Waals surface area contributed by atoms with Crippen molar-refractivity contribution in [2.24, 2.45) is 11.8 Å². The third-order valence-electron chi connectivity index (χ3n) is 4.73. The van der Waals surface area contributed by atoms with Gasteiger partial charge in [-0.15, -0.1) is 0 Å². The van der Waals surface area contributed by atoms with Gasteiger partial charge in [-0.25, -0.2) is 0 Å². The summed E-state index contributed by atoms with van der Waals surface area (Å²) in [6.45, 7) is 2.79. The molecule has 0 aromatic carbocycles. The summed E-state index contributed by atoms with van der Waals surface area (Å²) >= 11 is 4.92. The van der Waals surface area contributed by atoms with E-state index >= 15 is 0 Å². The van der Waals surface area contributed by atoms with E-state index in [4.69, 9.17) is 17.0 Å². The van der Waals surface area contributed by atoms with Crippen LogP contribution in [0.5, 0.6) is 0 Å². The van der Waals surface area contributed by atoms with Crippen LogP contribution in [0.15, 0.2) is 36.5 Å². The van der Waals surface area contributed by atoms with Gasteiger partial charge in [0.2, 0.25) is 0 Å². The highest BCUT2D eigenvalue weighted by Gasteiger charge is 2.27. The Bertz CT molecular complexity index is 528. The van der Waals surface area contributed by atoms with Crippen LogP contribution in [-0.2, 0) is 9.53 Å². The van der Waals surface area contributed by atoms with Crippen molar-refractivity contribution >= 4 is 23.2 Å². The lowest BCUT2D eigenvalue weighted by Gasteiger charge is -2.13. The molecule has 2 N–H and O–H groups in total. The molecule has 0 radical (unpaired) electrons. The molecule has 0 spiro atoms.